The van der Waals surface area contributed by atoms with Crippen molar-refractivity contribution in [1.29, 1.82) is 0 Å². The molecule has 0 radical (unpaired) electrons. The predicted molar refractivity (Wildman–Crippen MR) is 129 cm³/mol. The molecule has 3 aromatic rings. The van der Waals surface area contributed by atoms with Crippen molar-refractivity contribution in [3.8, 4) is 11.1 Å². The molecule has 6 heteroatoms. The number of hydrogen-bond donors (Lipinski definition) is 2. The first-order valence-corrected chi connectivity index (χ1v) is 12.0. The minimum Gasteiger partial charge on any atom is -0.350 e. The number of hydrogen-bond acceptors (Lipinski definition) is 4. The molecular weight excluding hydrogens is 418 g/mol. The molecule has 1 aliphatic heterocycles. The zero-order valence-corrected chi connectivity index (χ0v) is 19.2. The van der Waals surface area contributed by atoms with Crippen molar-refractivity contribution in [3.63, 3.8) is 0 Å². The molecule has 1 aliphatic rings. The highest BCUT2D eigenvalue weighted by molar-refractivity contribution is 7.12. The number of rotatable bonds is 8. The van der Waals surface area contributed by atoms with E-state index in [1.54, 1.807) is 13.0 Å². The summed E-state index contributed by atoms with van der Waals surface area (Å²) in [5.41, 5.74) is 4.62. The molecular formula is C26H29N3O2S. The minimum atomic E-state index is -0.610. The number of nitrogens with one attached hydrogen (secondary N) is 2. The average Bonchev–Trinajstić information content (AvgIpc) is 3.53. The van der Waals surface area contributed by atoms with E-state index in [1.807, 2.05) is 29.6 Å². The second-order valence-electron chi connectivity index (χ2n) is 8.23. The number of likely N-dealkylation sites (tertiary alicyclic amines) is 1. The Bertz CT molecular complexity index is 1040. The lowest BCUT2D eigenvalue weighted by molar-refractivity contribution is -0.122. The Hall–Kier alpha value is -2.96. The van der Waals surface area contributed by atoms with Crippen LogP contribution in [-0.4, -0.2) is 35.8 Å². The van der Waals surface area contributed by atoms with Gasteiger partial charge >= 0.3 is 0 Å². The molecule has 166 valence electrons. The molecule has 1 unspecified atom stereocenters. The van der Waals surface area contributed by atoms with Gasteiger partial charge in [0, 0.05) is 13.1 Å². The molecule has 1 aromatic heterocycles. The Morgan fingerprint density at radius 1 is 1.00 bits per heavy atom. The lowest BCUT2D eigenvalue weighted by atomic mass is 9.98. The van der Waals surface area contributed by atoms with Crippen LogP contribution in [-0.2, 0) is 17.9 Å². The van der Waals surface area contributed by atoms with Crippen LogP contribution in [0.1, 0.15) is 40.6 Å². The number of carbonyl (C=O) groups excluding carboxylic acids is 2. The third-order valence-electron chi connectivity index (χ3n) is 5.83. The topological polar surface area (TPSA) is 61.4 Å². The van der Waals surface area contributed by atoms with Gasteiger partial charge in [-0.05, 0) is 66.6 Å². The first-order chi connectivity index (χ1) is 15.6. The molecule has 0 bridgehead atoms. The Morgan fingerprint density at radius 3 is 2.47 bits per heavy atom. The Balaban J connectivity index is 1.36. The molecule has 0 spiro atoms. The van der Waals surface area contributed by atoms with Crippen LogP contribution >= 0.6 is 11.3 Å². The lowest BCUT2D eigenvalue weighted by Crippen LogP contribution is -2.44. The second-order valence-corrected chi connectivity index (χ2v) is 9.18. The molecule has 32 heavy (non-hydrogen) atoms. The summed E-state index contributed by atoms with van der Waals surface area (Å²) in [5.74, 6) is -0.428. The molecule has 1 fully saturated rings. The number of nitrogens with zero attached hydrogens (tertiary/aromatic N) is 1. The van der Waals surface area contributed by atoms with Crippen molar-refractivity contribution in [2.24, 2.45) is 0 Å². The van der Waals surface area contributed by atoms with E-state index < -0.39 is 6.04 Å². The van der Waals surface area contributed by atoms with Crippen molar-refractivity contribution in [2.45, 2.75) is 38.9 Å². The third kappa shape index (κ3) is 5.64. The van der Waals surface area contributed by atoms with E-state index in [9.17, 15) is 9.59 Å². The standard InChI is InChI=1S/C26H29N3O2S/c1-19(28-26(31)24-9-6-16-32-24)25(30)27-17-22-7-2-3-8-23(22)21-12-10-20(11-13-21)18-29-14-4-5-15-29/h2-3,6-13,16,19H,4-5,14-15,17-18H2,1H3,(H,27,30)(H,28,31). The van der Waals surface area contributed by atoms with Crippen molar-refractivity contribution in [1.82, 2.24) is 15.5 Å². The van der Waals surface area contributed by atoms with Crippen LogP contribution in [0.25, 0.3) is 11.1 Å². The lowest BCUT2D eigenvalue weighted by Gasteiger charge is -2.16. The molecule has 2 heterocycles. The Morgan fingerprint density at radius 2 is 1.75 bits per heavy atom. The maximum atomic E-state index is 12.6. The molecule has 1 saturated heterocycles. The Kier molecular flexibility index (Phi) is 7.35. The van der Waals surface area contributed by atoms with Gasteiger partial charge in [-0.25, -0.2) is 0 Å². The number of thiophene rings is 1. The van der Waals surface area contributed by atoms with Gasteiger partial charge in [-0.1, -0.05) is 54.6 Å². The molecule has 2 aromatic carbocycles. The van der Waals surface area contributed by atoms with Gasteiger partial charge in [-0.15, -0.1) is 11.3 Å². The van der Waals surface area contributed by atoms with Gasteiger partial charge in [0.25, 0.3) is 5.91 Å². The van der Waals surface area contributed by atoms with E-state index in [0.29, 0.717) is 11.4 Å². The van der Waals surface area contributed by atoms with Gasteiger partial charge in [0.1, 0.15) is 6.04 Å². The maximum absolute atomic E-state index is 12.6. The van der Waals surface area contributed by atoms with Gasteiger partial charge in [0.05, 0.1) is 4.88 Å². The van der Waals surface area contributed by atoms with Crippen LogP contribution in [0.3, 0.4) is 0 Å². The summed E-state index contributed by atoms with van der Waals surface area (Å²) in [7, 11) is 0. The number of carbonyl (C=O) groups is 2. The average molecular weight is 448 g/mol. The summed E-state index contributed by atoms with van der Waals surface area (Å²) >= 11 is 1.36. The van der Waals surface area contributed by atoms with Crippen molar-refractivity contribution in [2.75, 3.05) is 13.1 Å². The van der Waals surface area contributed by atoms with E-state index in [4.69, 9.17) is 0 Å². The predicted octanol–water partition coefficient (Wildman–Crippen LogP) is 4.45. The molecule has 0 aliphatic carbocycles. The fraction of sp³-hybridized carbons (Fsp3) is 0.308. The highest BCUT2D eigenvalue weighted by Gasteiger charge is 2.17. The largest absolute Gasteiger partial charge is 0.350 e. The van der Waals surface area contributed by atoms with E-state index in [1.165, 1.54) is 42.8 Å². The summed E-state index contributed by atoms with van der Waals surface area (Å²) < 4.78 is 0. The Labute approximate surface area is 193 Å². The fourth-order valence-corrected chi connectivity index (χ4v) is 4.65. The van der Waals surface area contributed by atoms with Gasteiger partial charge in [0.2, 0.25) is 5.91 Å². The first kappa shape index (κ1) is 22.2. The summed E-state index contributed by atoms with van der Waals surface area (Å²) in [5, 5.41) is 7.56. The zero-order chi connectivity index (χ0) is 22.3. The minimum absolute atomic E-state index is 0.203. The van der Waals surface area contributed by atoms with Gasteiger partial charge in [0.15, 0.2) is 0 Å². The molecule has 1 atom stereocenters. The molecule has 2 N–H and O–H groups in total. The van der Waals surface area contributed by atoms with E-state index in [-0.39, 0.29) is 11.8 Å². The van der Waals surface area contributed by atoms with Crippen LogP contribution in [0.2, 0.25) is 0 Å². The molecule has 4 rings (SSSR count). The summed E-state index contributed by atoms with van der Waals surface area (Å²) in [6.45, 7) is 5.50. The van der Waals surface area contributed by atoms with E-state index in [2.05, 4.69) is 45.9 Å². The second kappa shape index (κ2) is 10.6. The molecule has 2 amide bonds. The maximum Gasteiger partial charge on any atom is 0.261 e. The first-order valence-electron chi connectivity index (χ1n) is 11.1. The third-order valence-corrected chi connectivity index (χ3v) is 6.69. The zero-order valence-electron chi connectivity index (χ0n) is 18.3. The highest BCUT2D eigenvalue weighted by atomic mass is 32.1. The fourth-order valence-electron chi connectivity index (χ4n) is 4.02. The summed E-state index contributed by atoms with van der Waals surface area (Å²) in [4.78, 5) is 27.8. The van der Waals surface area contributed by atoms with Crippen molar-refractivity contribution >= 4 is 23.2 Å². The van der Waals surface area contributed by atoms with Gasteiger partial charge < -0.3 is 10.6 Å². The van der Waals surface area contributed by atoms with Gasteiger partial charge in [-0.2, -0.15) is 0 Å². The highest BCUT2D eigenvalue weighted by Crippen LogP contribution is 2.25. The van der Waals surface area contributed by atoms with Crippen LogP contribution in [0.5, 0.6) is 0 Å². The summed E-state index contributed by atoms with van der Waals surface area (Å²) in [6, 6.07) is 19.8. The SMILES string of the molecule is CC(NC(=O)c1cccs1)C(=O)NCc1ccccc1-c1ccc(CN2CCCC2)cc1. The van der Waals surface area contributed by atoms with Crippen LogP contribution in [0.15, 0.2) is 66.0 Å². The van der Waals surface area contributed by atoms with E-state index >= 15 is 0 Å². The normalized spacial score (nSPS) is 14.8. The van der Waals surface area contributed by atoms with Crippen LogP contribution < -0.4 is 10.6 Å². The smallest absolute Gasteiger partial charge is 0.261 e. The quantitative estimate of drug-likeness (QED) is 0.536. The monoisotopic (exact) mass is 447 g/mol. The van der Waals surface area contributed by atoms with Gasteiger partial charge in [-0.3, -0.25) is 14.5 Å². The van der Waals surface area contributed by atoms with Crippen LogP contribution in [0.4, 0.5) is 0 Å². The van der Waals surface area contributed by atoms with Crippen molar-refractivity contribution in [3.05, 3.63) is 82.0 Å². The number of amides is 2. The van der Waals surface area contributed by atoms with Crippen LogP contribution in [0, 0.1) is 0 Å². The van der Waals surface area contributed by atoms with Crippen molar-refractivity contribution < 1.29 is 9.59 Å². The molecule has 5 nitrogen and oxygen atoms in total. The van der Waals surface area contributed by atoms with E-state index in [0.717, 1.165) is 23.2 Å². The number of benzene rings is 2. The summed E-state index contributed by atoms with van der Waals surface area (Å²) in [6.07, 6.45) is 2.60. The molecule has 0 saturated carbocycles.